The Bertz CT molecular complexity index is 781. The van der Waals surface area contributed by atoms with Crippen molar-refractivity contribution in [3.63, 3.8) is 0 Å². The summed E-state index contributed by atoms with van der Waals surface area (Å²) in [5, 5.41) is 15.9. The third kappa shape index (κ3) is 11.2. The minimum atomic E-state index is -1.21. The minimum Gasteiger partial charge on any atom is -0.480 e. The smallest absolute Gasteiger partial charge is 0.322 e. The zero-order valence-corrected chi connectivity index (χ0v) is 17.0. The number of rotatable bonds is 13. The number of nitrogens with zero attached hydrogens (tertiary/aromatic N) is 1. The molecule has 0 fully saturated rings. The Morgan fingerprint density at radius 3 is 2.26 bits per heavy atom. The van der Waals surface area contributed by atoms with Gasteiger partial charge < -0.3 is 38.3 Å². The number of hydrogen-bond donors (Lipinski definition) is 7. The molecular weight excluding hydrogens is 406 g/mol. The first-order valence-corrected chi connectivity index (χ1v) is 9.60. The lowest BCUT2D eigenvalue weighted by molar-refractivity contribution is -0.138. The van der Waals surface area contributed by atoms with E-state index in [4.69, 9.17) is 22.3 Å². The molecule has 1 rings (SSSR count). The van der Waals surface area contributed by atoms with E-state index in [2.05, 4.69) is 20.9 Å². The molecular formula is C19H29N7O5. The van der Waals surface area contributed by atoms with Gasteiger partial charge in [0.2, 0.25) is 17.7 Å². The van der Waals surface area contributed by atoms with Crippen LogP contribution < -0.4 is 33.2 Å². The predicted octanol–water partition coefficient (Wildman–Crippen LogP) is -2.59. The maximum atomic E-state index is 12.3. The van der Waals surface area contributed by atoms with Crippen LogP contribution in [0.2, 0.25) is 0 Å². The van der Waals surface area contributed by atoms with E-state index in [0.717, 1.165) is 5.56 Å². The molecule has 3 amide bonds. The SMILES string of the molecule is NC(N)=NCCC[C@H](N)C(=O)NCC(=O)N[C@@H](Cc1ccccc1)C(=O)NCC(=O)O. The fourth-order valence-corrected chi connectivity index (χ4v) is 2.54. The summed E-state index contributed by atoms with van der Waals surface area (Å²) in [6.07, 6.45) is 0.955. The first-order valence-electron chi connectivity index (χ1n) is 9.60. The van der Waals surface area contributed by atoms with Crippen molar-refractivity contribution >= 4 is 29.7 Å². The van der Waals surface area contributed by atoms with E-state index in [-0.39, 0.29) is 12.4 Å². The molecule has 0 aliphatic carbocycles. The standard InChI is InChI=1S/C19H29N7O5/c20-13(7-4-8-23-19(21)22)17(30)24-10-15(27)26-14(18(31)25-11-16(28)29)9-12-5-2-1-3-6-12/h1-3,5-6,13-14H,4,7-11,20H2,(H,24,30)(H,25,31)(H,26,27)(H,28,29)(H4,21,22,23)/t13-,14-/m0/s1. The number of aliphatic imine (C=N–C) groups is 1. The van der Waals surface area contributed by atoms with E-state index in [1.165, 1.54) is 0 Å². The van der Waals surface area contributed by atoms with Crippen LogP contribution in [0.5, 0.6) is 0 Å². The van der Waals surface area contributed by atoms with Crippen LogP contribution >= 0.6 is 0 Å². The van der Waals surface area contributed by atoms with E-state index < -0.39 is 48.9 Å². The van der Waals surface area contributed by atoms with Crippen molar-refractivity contribution in [2.24, 2.45) is 22.2 Å². The van der Waals surface area contributed by atoms with Crippen LogP contribution in [0.15, 0.2) is 35.3 Å². The van der Waals surface area contributed by atoms with Gasteiger partial charge in [-0.05, 0) is 18.4 Å². The molecule has 0 heterocycles. The van der Waals surface area contributed by atoms with Gasteiger partial charge in [0, 0.05) is 13.0 Å². The Balaban J connectivity index is 2.56. The Kier molecular flexibility index (Phi) is 11.1. The number of carbonyl (C=O) groups excluding carboxylic acids is 3. The molecule has 170 valence electrons. The zero-order chi connectivity index (χ0) is 23.2. The van der Waals surface area contributed by atoms with Gasteiger partial charge in [-0.25, -0.2) is 0 Å². The lowest BCUT2D eigenvalue weighted by Crippen LogP contribution is -2.52. The van der Waals surface area contributed by atoms with Crippen molar-refractivity contribution in [2.45, 2.75) is 31.3 Å². The normalized spacial score (nSPS) is 12.2. The summed E-state index contributed by atoms with van der Waals surface area (Å²) in [4.78, 5) is 51.0. The van der Waals surface area contributed by atoms with Crippen molar-refractivity contribution in [1.82, 2.24) is 16.0 Å². The fraction of sp³-hybridized carbons (Fsp3) is 0.421. The Hall–Kier alpha value is -3.67. The molecule has 0 aliphatic heterocycles. The summed E-state index contributed by atoms with van der Waals surface area (Å²) >= 11 is 0. The van der Waals surface area contributed by atoms with Crippen LogP contribution in [0, 0.1) is 0 Å². The zero-order valence-electron chi connectivity index (χ0n) is 17.0. The Labute approximate surface area is 179 Å². The van der Waals surface area contributed by atoms with Crippen LogP contribution in [0.3, 0.4) is 0 Å². The Morgan fingerprint density at radius 1 is 1.00 bits per heavy atom. The van der Waals surface area contributed by atoms with Crippen LogP contribution in [-0.4, -0.2) is 66.5 Å². The molecule has 12 nitrogen and oxygen atoms in total. The first-order chi connectivity index (χ1) is 14.7. The van der Waals surface area contributed by atoms with Gasteiger partial charge in [-0.1, -0.05) is 30.3 Å². The molecule has 0 aromatic heterocycles. The van der Waals surface area contributed by atoms with Crippen molar-refractivity contribution in [3.8, 4) is 0 Å². The molecule has 0 radical (unpaired) electrons. The number of carbonyl (C=O) groups is 4. The molecule has 0 saturated carbocycles. The highest BCUT2D eigenvalue weighted by atomic mass is 16.4. The summed E-state index contributed by atoms with van der Waals surface area (Å²) in [7, 11) is 0. The third-order valence-electron chi connectivity index (χ3n) is 4.08. The molecule has 1 aromatic rings. The molecule has 0 spiro atoms. The van der Waals surface area contributed by atoms with Crippen LogP contribution in [0.4, 0.5) is 0 Å². The van der Waals surface area contributed by atoms with Crippen molar-refractivity contribution in [2.75, 3.05) is 19.6 Å². The summed E-state index contributed by atoms with van der Waals surface area (Å²) in [5.74, 6) is -3.06. The number of carboxylic acid groups (broad SMARTS) is 1. The van der Waals surface area contributed by atoms with Gasteiger partial charge in [0.1, 0.15) is 12.6 Å². The fourth-order valence-electron chi connectivity index (χ4n) is 2.54. The molecule has 0 unspecified atom stereocenters. The van der Waals surface area contributed by atoms with Gasteiger partial charge in [-0.3, -0.25) is 24.2 Å². The first kappa shape index (κ1) is 25.4. The van der Waals surface area contributed by atoms with Crippen LogP contribution in [-0.2, 0) is 25.6 Å². The number of carboxylic acids is 1. The Morgan fingerprint density at radius 2 is 1.65 bits per heavy atom. The molecule has 0 saturated heterocycles. The number of hydrogen-bond acceptors (Lipinski definition) is 6. The molecule has 2 atom stereocenters. The highest BCUT2D eigenvalue weighted by Gasteiger charge is 2.22. The third-order valence-corrected chi connectivity index (χ3v) is 4.08. The molecule has 0 aliphatic rings. The van der Waals surface area contributed by atoms with E-state index in [1.54, 1.807) is 30.3 Å². The molecule has 31 heavy (non-hydrogen) atoms. The highest BCUT2D eigenvalue weighted by molar-refractivity contribution is 5.92. The summed E-state index contributed by atoms with van der Waals surface area (Å²) in [5.41, 5.74) is 17.0. The maximum Gasteiger partial charge on any atom is 0.322 e. The second-order valence-electron chi connectivity index (χ2n) is 6.69. The van der Waals surface area contributed by atoms with Gasteiger partial charge in [0.25, 0.3) is 0 Å². The minimum absolute atomic E-state index is 0.0489. The van der Waals surface area contributed by atoms with Gasteiger partial charge in [-0.2, -0.15) is 0 Å². The largest absolute Gasteiger partial charge is 0.480 e. The van der Waals surface area contributed by atoms with Gasteiger partial charge >= 0.3 is 5.97 Å². The number of benzene rings is 1. The summed E-state index contributed by atoms with van der Waals surface area (Å²) in [6.45, 7) is -0.639. The summed E-state index contributed by atoms with van der Waals surface area (Å²) < 4.78 is 0. The lowest BCUT2D eigenvalue weighted by Gasteiger charge is -2.19. The monoisotopic (exact) mass is 435 g/mol. The quantitative estimate of drug-likeness (QED) is 0.0988. The maximum absolute atomic E-state index is 12.3. The highest BCUT2D eigenvalue weighted by Crippen LogP contribution is 2.03. The number of aliphatic carboxylic acids is 1. The van der Waals surface area contributed by atoms with Gasteiger partial charge in [0.05, 0.1) is 12.6 Å². The van der Waals surface area contributed by atoms with E-state index in [1.807, 2.05) is 0 Å². The number of nitrogens with two attached hydrogens (primary N) is 3. The average Bonchev–Trinajstić information content (AvgIpc) is 2.73. The topological polar surface area (TPSA) is 215 Å². The predicted molar refractivity (Wildman–Crippen MR) is 114 cm³/mol. The molecule has 10 N–H and O–H groups in total. The van der Waals surface area contributed by atoms with Crippen molar-refractivity contribution < 1.29 is 24.3 Å². The number of amides is 3. The molecule has 12 heteroatoms. The second-order valence-corrected chi connectivity index (χ2v) is 6.69. The van der Waals surface area contributed by atoms with E-state index in [9.17, 15) is 19.2 Å². The van der Waals surface area contributed by atoms with Crippen LogP contribution in [0.25, 0.3) is 0 Å². The lowest BCUT2D eigenvalue weighted by atomic mass is 10.1. The number of guanidine groups is 1. The van der Waals surface area contributed by atoms with E-state index >= 15 is 0 Å². The average molecular weight is 435 g/mol. The summed E-state index contributed by atoms with van der Waals surface area (Å²) in [6, 6.07) is 7.04. The van der Waals surface area contributed by atoms with E-state index in [0.29, 0.717) is 19.4 Å². The molecule has 0 bridgehead atoms. The van der Waals surface area contributed by atoms with Gasteiger partial charge in [0.15, 0.2) is 5.96 Å². The van der Waals surface area contributed by atoms with Crippen molar-refractivity contribution in [1.29, 1.82) is 0 Å². The molecule has 1 aromatic carbocycles. The van der Waals surface area contributed by atoms with Crippen molar-refractivity contribution in [3.05, 3.63) is 35.9 Å². The second kappa shape index (κ2) is 13.5. The van der Waals surface area contributed by atoms with Gasteiger partial charge in [-0.15, -0.1) is 0 Å². The van der Waals surface area contributed by atoms with Crippen LogP contribution in [0.1, 0.15) is 18.4 Å². The number of nitrogens with one attached hydrogen (secondary N) is 3.